The lowest BCUT2D eigenvalue weighted by atomic mass is 10.2. The highest BCUT2D eigenvalue weighted by atomic mass is 19.1. The van der Waals surface area contributed by atoms with Crippen molar-refractivity contribution in [2.45, 2.75) is 45.2 Å². The normalized spacial score (nSPS) is 19.7. The molecule has 1 unspecified atom stereocenters. The first-order valence-corrected chi connectivity index (χ1v) is 16.8. The molecule has 264 valence electrons. The third-order valence-electron chi connectivity index (χ3n) is 8.79. The molecule has 1 aromatic heterocycles. The number of hydrogen-bond donors (Lipinski definition) is 0. The minimum absolute atomic E-state index is 0.0389. The molecule has 4 aromatic rings. The van der Waals surface area contributed by atoms with Crippen molar-refractivity contribution in [3.8, 4) is 5.75 Å². The fourth-order valence-corrected chi connectivity index (χ4v) is 5.75. The van der Waals surface area contributed by atoms with E-state index < -0.39 is 11.6 Å². The molecule has 0 aliphatic carbocycles. The zero-order valence-electron chi connectivity index (χ0n) is 28.2. The molecule has 50 heavy (non-hydrogen) atoms. The summed E-state index contributed by atoms with van der Waals surface area (Å²) in [6.07, 6.45) is 5.27. The summed E-state index contributed by atoms with van der Waals surface area (Å²) in [5.41, 5.74) is 3.18. The average Bonchev–Trinajstić information content (AvgIpc) is 3.83. The maximum Gasteiger partial charge on any atom is 0.253 e. The van der Waals surface area contributed by atoms with Crippen molar-refractivity contribution < 1.29 is 27.8 Å². The van der Waals surface area contributed by atoms with Gasteiger partial charge in [-0.25, -0.2) is 18.4 Å². The van der Waals surface area contributed by atoms with Gasteiger partial charge in [-0.2, -0.15) is 10.2 Å². The zero-order chi connectivity index (χ0) is 34.9. The predicted octanol–water partition coefficient (Wildman–Crippen LogP) is 4.78. The second-order valence-electron chi connectivity index (χ2n) is 12.2. The summed E-state index contributed by atoms with van der Waals surface area (Å²) in [6, 6.07) is 21.2. The molecule has 12 nitrogen and oxygen atoms in total. The number of aromatic nitrogens is 3. The number of anilines is 3. The number of ether oxygens (including phenoxy) is 3. The van der Waals surface area contributed by atoms with Gasteiger partial charge in [0.15, 0.2) is 6.29 Å². The van der Waals surface area contributed by atoms with Crippen LogP contribution in [-0.2, 0) is 20.8 Å². The number of benzene rings is 3. The van der Waals surface area contributed by atoms with Crippen LogP contribution >= 0.6 is 0 Å². The van der Waals surface area contributed by atoms with Crippen molar-refractivity contribution in [2.75, 3.05) is 60.6 Å². The summed E-state index contributed by atoms with van der Waals surface area (Å²) in [4.78, 5) is 23.1. The van der Waals surface area contributed by atoms with Crippen LogP contribution in [0.25, 0.3) is 0 Å². The highest BCUT2D eigenvalue weighted by Crippen LogP contribution is 2.26. The molecule has 1 amide bonds. The summed E-state index contributed by atoms with van der Waals surface area (Å²) in [5.74, 6) is -0.224. The van der Waals surface area contributed by atoms with Gasteiger partial charge < -0.3 is 24.0 Å². The molecule has 3 aliphatic heterocycles. The smallest absolute Gasteiger partial charge is 0.253 e. The van der Waals surface area contributed by atoms with Gasteiger partial charge in [-0.1, -0.05) is 13.0 Å². The van der Waals surface area contributed by atoms with E-state index in [1.807, 2.05) is 29.3 Å². The molecule has 0 spiro atoms. The van der Waals surface area contributed by atoms with Gasteiger partial charge in [0, 0.05) is 49.7 Å². The first-order valence-electron chi connectivity index (χ1n) is 16.8. The third kappa shape index (κ3) is 9.12. The largest absolute Gasteiger partial charge is 0.491 e. The summed E-state index contributed by atoms with van der Waals surface area (Å²) < 4.78 is 43.1. The van der Waals surface area contributed by atoms with Gasteiger partial charge in [-0.15, -0.1) is 0 Å². The van der Waals surface area contributed by atoms with Gasteiger partial charge >= 0.3 is 0 Å². The fraction of sp³-hybridized carbons (Fsp3) is 0.389. The number of rotatable bonds is 10. The van der Waals surface area contributed by atoms with E-state index in [1.165, 1.54) is 30.2 Å². The highest BCUT2D eigenvalue weighted by Gasteiger charge is 2.28. The quantitative estimate of drug-likeness (QED) is 0.233. The van der Waals surface area contributed by atoms with Gasteiger partial charge in [0.2, 0.25) is 0 Å². The van der Waals surface area contributed by atoms with E-state index in [-0.39, 0.29) is 24.3 Å². The van der Waals surface area contributed by atoms with Crippen LogP contribution < -0.4 is 19.4 Å². The van der Waals surface area contributed by atoms with Gasteiger partial charge in [-0.05, 0) is 74.0 Å². The molecule has 3 aromatic carbocycles. The molecule has 4 heterocycles. The number of carbonyl (C=O) groups is 1. The van der Waals surface area contributed by atoms with Crippen molar-refractivity contribution in [3.63, 3.8) is 0 Å². The molecule has 0 bridgehead atoms. The Hall–Kier alpha value is -5.08. The molecule has 0 radical (unpaired) electrons. The molecule has 2 saturated heterocycles. The Morgan fingerprint density at radius 2 is 1.56 bits per heavy atom. The minimum atomic E-state index is -0.537. The lowest BCUT2D eigenvalue weighted by Crippen LogP contribution is -2.46. The first kappa shape index (κ1) is 34.8. The summed E-state index contributed by atoms with van der Waals surface area (Å²) in [5, 5.41) is 10.4. The van der Waals surface area contributed by atoms with Crippen LogP contribution in [0.15, 0.2) is 90.6 Å². The van der Waals surface area contributed by atoms with E-state index in [0.717, 1.165) is 55.8 Å². The van der Waals surface area contributed by atoms with Gasteiger partial charge in [-0.3, -0.25) is 14.7 Å². The Labute approximate surface area is 290 Å². The highest BCUT2D eigenvalue weighted by molar-refractivity contribution is 6.10. The number of carbonyl (C=O) groups excluding carboxylic acids is 1. The summed E-state index contributed by atoms with van der Waals surface area (Å²) in [6.45, 7) is 9.60. The number of amides is 1. The number of nitrogens with zero attached hydrogens (tertiary/aromatic N) is 8. The SMILES string of the molecule is CCC(C)N1CC(=O)N(c2ccc(N3CCN(c4ccc(OC[C@H]5CO[C@@H](Cn6cncn6)O5)cc4)CC3)cc2)C=N1.Fc1cccc(F)c1. The minimum Gasteiger partial charge on any atom is -0.491 e. The van der Waals surface area contributed by atoms with Gasteiger partial charge in [0.05, 0.1) is 18.8 Å². The summed E-state index contributed by atoms with van der Waals surface area (Å²) >= 11 is 0. The summed E-state index contributed by atoms with van der Waals surface area (Å²) in [7, 11) is 0. The molecule has 3 atom stereocenters. The Balaban J connectivity index is 0.000000477. The van der Waals surface area contributed by atoms with Crippen molar-refractivity contribution >= 4 is 29.3 Å². The van der Waals surface area contributed by atoms with Crippen molar-refractivity contribution in [1.29, 1.82) is 0 Å². The van der Waals surface area contributed by atoms with E-state index in [4.69, 9.17) is 14.2 Å². The standard InChI is InChI=1S/C30H38N8O4.C6H4F2/c1-3-23(2)38-16-29(39)37(22-33-38)26-6-4-24(5-7-26)34-12-14-35(15-13-34)25-8-10-27(11-9-25)40-18-28-19-41-30(42-28)17-36-21-31-20-32-36;7-5-2-1-3-6(8)4-5/h4-11,20-23,28,30H,3,12-19H2,1-2H3;1-4H/t23?,28-,30+;/m0./s1. The number of piperazine rings is 1. The van der Waals surface area contributed by atoms with Gasteiger partial charge in [0.1, 0.15) is 55.6 Å². The van der Waals surface area contributed by atoms with Crippen molar-refractivity contribution in [1.82, 2.24) is 19.8 Å². The Kier molecular flexibility index (Phi) is 11.5. The number of halogens is 2. The molecule has 0 saturated carbocycles. The van der Waals surface area contributed by atoms with Crippen LogP contribution in [0.5, 0.6) is 5.75 Å². The monoisotopic (exact) mass is 688 g/mol. The van der Waals surface area contributed by atoms with Crippen LogP contribution in [0, 0.1) is 11.6 Å². The van der Waals surface area contributed by atoms with Crippen LogP contribution in [0.3, 0.4) is 0 Å². The average molecular weight is 689 g/mol. The predicted molar refractivity (Wildman–Crippen MR) is 186 cm³/mol. The second kappa shape index (κ2) is 16.5. The van der Waals surface area contributed by atoms with Crippen LogP contribution in [-0.4, -0.2) is 96.4 Å². The fourth-order valence-electron chi connectivity index (χ4n) is 5.75. The van der Waals surface area contributed by atoms with E-state index in [2.05, 4.69) is 63.1 Å². The molecule has 3 aliphatic rings. The molecule has 0 N–H and O–H groups in total. The molecule has 14 heteroatoms. The Morgan fingerprint density at radius 3 is 2.12 bits per heavy atom. The van der Waals surface area contributed by atoms with Crippen molar-refractivity contribution in [2.24, 2.45) is 5.10 Å². The van der Waals surface area contributed by atoms with E-state index >= 15 is 0 Å². The Morgan fingerprint density at radius 1 is 0.920 bits per heavy atom. The Bertz CT molecular complexity index is 1670. The van der Waals surface area contributed by atoms with Crippen LogP contribution in [0.4, 0.5) is 25.8 Å². The molecule has 2 fully saturated rings. The topological polar surface area (TPSA) is 101 Å². The van der Waals surface area contributed by atoms with E-state index in [1.54, 1.807) is 22.2 Å². The zero-order valence-corrected chi connectivity index (χ0v) is 28.2. The molecular weight excluding hydrogens is 646 g/mol. The van der Waals surface area contributed by atoms with Crippen LogP contribution in [0.1, 0.15) is 20.3 Å². The lowest BCUT2D eigenvalue weighted by molar-refractivity contribution is -0.119. The maximum atomic E-state index is 12.7. The molecular formula is C36H42F2N8O4. The maximum absolute atomic E-state index is 12.7. The van der Waals surface area contributed by atoms with Crippen LogP contribution in [0.2, 0.25) is 0 Å². The second-order valence-corrected chi connectivity index (χ2v) is 12.2. The number of hydrazone groups is 1. The lowest BCUT2D eigenvalue weighted by Gasteiger charge is -2.37. The molecule has 7 rings (SSSR count). The van der Waals surface area contributed by atoms with Crippen molar-refractivity contribution in [3.05, 3.63) is 97.1 Å². The first-order chi connectivity index (χ1) is 24.3. The van der Waals surface area contributed by atoms with E-state index in [0.29, 0.717) is 26.3 Å². The van der Waals surface area contributed by atoms with Gasteiger partial charge in [0.25, 0.3) is 5.91 Å². The number of hydrogen-bond acceptors (Lipinski definition) is 10. The third-order valence-corrected chi connectivity index (χ3v) is 8.79. The van der Waals surface area contributed by atoms with E-state index in [9.17, 15) is 13.6 Å².